The van der Waals surface area contributed by atoms with Gasteiger partial charge in [-0.3, -0.25) is 10.1 Å². The number of ether oxygens (including phenoxy) is 1. The van der Waals surface area contributed by atoms with E-state index in [1.807, 2.05) is 103 Å². The molecule has 69 heavy (non-hydrogen) atoms. The Kier molecular flexibility index (Phi) is 50.1. The molecule has 0 aliphatic heterocycles. The van der Waals surface area contributed by atoms with Gasteiger partial charge >= 0.3 is 6.11 Å². The number of rotatable bonds is 12. The van der Waals surface area contributed by atoms with Crippen LogP contribution in [0.2, 0.25) is 5.02 Å². The van der Waals surface area contributed by atoms with Gasteiger partial charge in [0.2, 0.25) is 11.1 Å². The number of halogens is 11. The molecular weight excluding hydrogens is 1090 g/mol. The van der Waals surface area contributed by atoms with Crippen LogP contribution in [-0.4, -0.2) is 143 Å². The first-order valence-electron chi connectivity index (χ1n) is 20.2. The maximum Gasteiger partial charge on any atom is 0.381 e. The highest BCUT2D eigenvalue weighted by atomic mass is 35.5. The lowest BCUT2D eigenvalue weighted by Gasteiger charge is -2.30. The molecule has 1 saturated carbocycles. The van der Waals surface area contributed by atoms with E-state index in [9.17, 15) is 28.4 Å². The second kappa shape index (κ2) is 47.0. The molecule has 396 valence electrons. The first-order chi connectivity index (χ1) is 32.5. The van der Waals surface area contributed by atoms with Crippen molar-refractivity contribution in [1.29, 1.82) is 0 Å². The molecular formula is C45H62Cl8F3NO12. The highest BCUT2D eigenvalue weighted by Crippen LogP contribution is 2.36. The van der Waals surface area contributed by atoms with Crippen molar-refractivity contribution in [3.05, 3.63) is 153 Å². The summed E-state index contributed by atoms with van der Waals surface area (Å²) in [6.07, 6.45) is -0.141. The van der Waals surface area contributed by atoms with Crippen molar-refractivity contribution in [2.75, 3.05) is 65.1 Å². The first kappa shape index (κ1) is 73.5. The van der Waals surface area contributed by atoms with Crippen LogP contribution in [0.1, 0.15) is 47.9 Å². The zero-order chi connectivity index (χ0) is 53.7. The Morgan fingerprint density at radius 3 is 1.28 bits per heavy atom. The van der Waals surface area contributed by atoms with E-state index in [1.165, 1.54) is 6.42 Å². The van der Waals surface area contributed by atoms with Crippen LogP contribution in [0.5, 0.6) is 0 Å². The largest absolute Gasteiger partial charge is 0.395 e. The van der Waals surface area contributed by atoms with Gasteiger partial charge in [0.25, 0.3) is 0 Å². The van der Waals surface area contributed by atoms with E-state index in [0.29, 0.717) is 17.5 Å². The lowest BCUT2D eigenvalue weighted by Crippen LogP contribution is -2.28. The average Bonchev–Trinajstić information content (AvgIpc) is 3.34. The van der Waals surface area contributed by atoms with Crippen molar-refractivity contribution in [2.24, 2.45) is 0 Å². The molecule has 4 aromatic rings. The summed E-state index contributed by atoms with van der Waals surface area (Å²) >= 11 is 41.0. The summed E-state index contributed by atoms with van der Waals surface area (Å²) in [5.41, 5.74) is 2.27. The molecule has 2 atom stereocenters. The van der Waals surface area contributed by atoms with Crippen LogP contribution in [-0.2, 0) is 16.9 Å². The van der Waals surface area contributed by atoms with Crippen LogP contribution in [0, 0.1) is 10.1 Å². The second-order valence-corrected chi connectivity index (χ2v) is 17.3. The van der Waals surface area contributed by atoms with Crippen LogP contribution in [0.25, 0.3) is 0 Å². The Morgan fingerprint density at radius 2 is 1.10 bits per heavy atom. The van der Waals surface area contributed by atoms with Crippen molar-refractivity contribution in [3.8, 4) is 0 Å². The molecule has 0 amide bonds. The molecule has 0 radical (unpaired) electrons. The maximum atomic E-state index is 11.4. The van der Waals surface area contributed by atoms with E-state index < -0.39 is 32.7 Å². The van der Waals surface area contributed by atoms with Gasteiger partial charge < -0.3 is 50.7 Å². The SMILES string of the molecule is COCCO.O=[N+]([O-])CCO.OC(Cl)(Cl)CCl.OC(F)(F)CF.OC(c1ccccc1)(c1ccccc1)c1ccccc1.OC1CCCCC1Cl.OCC(Cl)Cl.OCCCl.OCc1ccccc1Cl. The van der Waals surface area contributed by atoms with Gasteiger partial charge in [-0.15, -0.1) is 58.0 Å². The number of nitro groups is 1. The number of hydrogen-bond acceptors (Lipinski definition) is 12. The third kappa shape index (κ3) is 44.4. The Balaban J connectivity index is -0.000000370. The monoisotopic (exact) mass is 1150 g/mol. The Morgan fingerprint density at radius 1 is 0.739 bits per heavy atom. The third-order valence-corrected chi connectivity index (χ3v) is 9.72. The molecule has 1 aliphatic carbocycles. The van der Waals surface area contributed by atoms with Gasteiger partial charge in [-0.2, -0.15) is 8.78 Å². The van der Waals surface area contributed by atoms with Gasteiger partial charge in [-0.1, -0.05) is 157 Å². The third-order valence-electron chi connectivity index (χ3n) is 7.47. The molecule has 4 aromatic carbocycles. The van der Waals surface area contributed by atoms with Crippen LogP contribution in [0.15, 0.2) is 115 Å². The molecule has 0 spiro atoms. The Bertz CT molecular complexity index is 1610. The maximum absolute atomic E-state index is 11.4. The molecule has 2 unspecified atom stereocenters. The fraction of sp³-hybridized carbons (Fsp3) is 0.467. The number of aliphatic hydroxyl groups excluding tert-OH is 6. The molecule has 0 saturated heterocycles. The second-order valence-electron chi connectivity index (χ2n) is 13.0. The molecule has 5 rings (SSSR count). The lowest BCUT2D eigenvalue weighted by molar-refractivity contribution is -0.482. The molecule has 0 heterocycles. The quantitative estimate of drug-likeness (QED) is 0.0280. The van der Waals surface area contributed by atoms with Crippen LogP contribution >= 0.6 is 92.8 Å². The van der Waals surface area contributed by atoms with Crippen LogP contribution in [0.4, 0.5) is 13.2 Å². The fourth-order valence-corrected chi connectivity index (χ4v) is 4.88. The molecule has 24 heteroatoms. The smallest absolute Gasteiger partial charge is 0.381 e. The molecule has 1 fully saturated rings. The minimum atomic E-state index is -4.12. The van der Waals surface area contributed by atoms with Crippen molar-refractivity contribution < 1.29 is 68.8 Å². The first-order valence-corrected chi connectivity index (χ1v) is 23.7. The summed E-state index contributed by atoms with van der Waals surface area (Å²) in [5.74, 6) is 0.177. The van der Waals surface area contributed by atoms with Crippen LogP contribution < -0.4 is 0 Å². The highest BCUT2D eigenvalue weighted by molar-refractivity contribution is 6.50. The topological polar surface area (TPSA) is 234 Å². The van der Waals surface area contributed by atoms with E-state index in [4.69, 9.17) is 134 Å². The van der Waals surface area contributed by atoms with Crippen LogP contribution in [0.3, 0.4) is 0 Å². The van der Waals surface area contributed by atoms with E-state index >= 15 is 0 Å². The number of nitrogens with zero attached hydrogens (tertiary/aromatic N) is 1. The fourth-order valence-electron chi connectivity index (χ4n) is 4.40. The van der Waals surface area contributed by atoms with Gasteiger partial charge in [0, 0.05) is 22.9 Å². The summed E-state index contributed by atoms with van der Waals surface area (Å²) in [5, 5.41) is 85.7. The molecule has 0 bridgehead atoms. The predicted molar refractivity (Wildman–Crippen MR) is 272 cm³/mol. The summed E-state index contributed by atoms with van der Waals surface area (Å²) in [7, 11) is 1.55. The minimum absolute atomic E-state index is 0.0136. The lowest BCUT2D eigenvalue weighted by atomic mass is 9.80. The predicted octanol–water partition coefficient (Wildman–Crippen LogP) is 9.10. The molecule has 1 aliphatic rings. The number of hydrogen-bond donors (Lipinski definition) is 9. The van der Waals surface area contributed by atoms with Crippen molar-refractivity contribution in [3.63, 3.8) is 0 Å². The van der Waals surface area contributed by atoms with Gasteiger partial charge in [-0.25, -0.2) is 4.39 Å². The van der Waals surface area contributed by atoms with Gasteiger partial charge in [0.1, 0.15) is 17.0 Å². The average molecular weight is 1150 g/mol. The standard InChI is InChI=1S/C19H16O.C7H7ClO.C6H11ClO.C3H8O2.C2H3Cl3O.C2H4Cl2O.C2H5ClO.C2H3F3O.C2H5NO3/c20-19(16-10-4-1-5-11-16,17-12-6-2-7-13-17)18-14-8-3-9-15-18;8-7-4-2-1-3-6(7)5-9;7-5-3-1-2-4-6(5)8;1-5-3-2-4;3-1-2(4,5)6;3-2(4)1-5;3-1-2-4;3-1-2(4,5)6;4-2-1-3(5)6/h1-15,20H;1-4,9H,5H2;5-6,8H,1-4H2;4H,2-3H2,1H3;6H,1H2;2,5H,1H2;4H,1-2H2;6H,1H2;4H,1-2H2. The van der Waals surface area contributed by atoms with Crippen molar-refractivity contribution in [2.45, 2.75) is 64.8 Å². The number of alkyl halides is 10. The normalized spacial score (nSPS) is 13.7. The molecule has 13 nitrogen and oxygen atoms in total. The van der Waals surface area contributed by atoms with Crippen molar-refractivity contribution in [1.82, 2.24) is 0 Å². The summed E-state index contributed by atoms with van der Waals surface area (Å²) in [6, 6.07) is 36.6. The summed E-state index contributed by atoms with van der Waals surface area (Å²) in [6.45, 7) is -2.22. The molecule has 0 aromatic heterocycles. The van der Waals surface area contributed by atoms with Gasteiger partial charge in [0.15, 0.2) is 6.67 Å². The number of aliphatic hydroxyl groups is 9. The summed E-state index contributed by atoms with van der Waals surface area (Å²) in [4.78, 5) is 8.06. The number of benzene rings is 4. The minimum Gasteiger partial charge on any atom is -0.395 e. The van der Waals surface area contributed by atoms with E-state index in [0.717, 1.165) is 41.5 Å². The number of methoxy groups -OCH3 is 1. The highest BCUT2D eigenvalue weighted by Gasteiger charge is 2.33. The zero-order valence-electron chi connectivity index (χ0n) is 37.5. The van der Waals surface area contributed by atoms with E-state index in [2.05, 4.69) is 4.74 Å². The molecule has 9 N–H and O–H groups in total. The Hall–Kier alpha value is -2.01. The van der Waals surface area contributed by atoms with Gasteiger partial charge in [-0.05, 0) is 41.2 Å². The van der Waals surface area contributed by atoms with E-state index in [-0.39, 0.29) is 56.9 Å². The zero-order valence-corrected chi connectivity index (χ0v) is 43.5. The Labute approximate surface area is 441 Å². The van der Waals surface area contributed by atoms with Crippen molar-refractivity contribution >= 4 is 92.8 Å². The van der Waals surface area contributed by atoms with E-state index in [1.54, 1.807) is 19.2 Å². The van der Waals surface area contributed by atoms with Gasteiger partial charge in [0.05, 0.1) is 50.4 Å². The summed E-state index contributed by atoms with van der Waals surface area (Å²) < 4.78 is 34.5.